The van der Waals surface area contributed by atoms with E-state index in [1.54, 1.807) is 0 Å². The second kappa shape index (κ2) is 7.31. The van der Waals surface area contributed by atoms with Gasteiger partial charge in [-0.05, 0) is 24.1 Å². The molecule has 2 atom stereocenters. The molecule has 1 fully saturated rings. The number of rotatable bonds is 2. The molecule has 3 nitrogen and oxygen atoms in total. The number of halogens is 2. The third-order valence-electron chi connectivity index (χ3n) is 3.16. The Morgan fingerprint density at radius 3 is 2.94 bits per heavy atom. The molecular weight excluding hydrogens is 273 g/mol. The second-order valence-electron chi connectivity index (χ2n) is 4.45. The first-order chi connectivity index (χ1) is 8.22. The van der Waals surface area contributed by atoms with Gasteiger partial charge in [0.2, 0.25) is 0 Å². The number of hydrogen-bond donors (Lipinski definition) is 2. The van der Waals surface area contributed by atoms with Gasteiger partial charge < -0.3 is 15.2 Å². The molecule has 0 saturated carbocycles. The molecule has 1 aliphatic heterocycles. The molecule has 1 saturated heterocycles. The van der Waals surface area contributed by atoms with Crippen molar-refractivity contribution in [1.29, 1.82) is 0 Å². The minimum absolute atomic E-state index is 0. The number of benzene rings is 1. The first-order valence-electron chi connectivity index (χ1n) is 5.91. The van der Waals surface area contributed by atoms with E-state index < -0.39 is 0 Å². The van der Waals surface area contributed by atoms with Crippen molar-refractivity contribution in [2.45, 2.75) is 13.0 Å². The number of aryl methyl sites for hydroxylation is 1. The average Bonchev–Trinajstić information content (AvgIpc) is 2.57. The highest BCUT2D eigenvalue weighted by Gasteiger charge is 2.25. The molecule has 1 aromatic rings. The van der Waals surface area contributed by atoms with Gasteiger partial charge in [-0.25, -0.2) is 0 Å². The van der Waals surface area contributed by atoms with E-state index in [4.69, 9.17) is 16.3 Å². The topological polar surface area (TPSA) is 41.5 Å². The van der Waals surface area contributed by atoms with Crippen molar-refractivity contribution in [2.75, 3.05) is 26.3 Å². The Morgan fingerprint density at radius 1 is 1.50 bits per heavy atom. The molecule has 0 aromatic heterocycles. The van der Waals surface area contributed by atoms with Crippen molar-refractivity contribution in [3.8, 4) is 0 Å². The second-order valence-corrected chi connectivity index (χ2v) is 4.85. The summed E-state index contributed by atoms with van der Waals surface area (Å²) in [5.74, 6) is 0.0954. The molecule has 1 heterocycles. The van der Waals surface area contributed by atoms with E-state index in [9.17, 15) is 5.11 Å². The maximum absolute atomic E-state index is 9.43. The Kier molecular flexibility index (Phi) is 6.39. The van der Waals surface area contributed by atoms with Gasteiger partial charge in [0.15, 0.2) is 0 Å². The van der Waals surface area contributed by atoms with Gasteiger partial charge in [0.05, 0.1) is 12.7 Å². The van der Waals surface area contributed by atoms with Gasteiger partial charge in [0.25, 0.3) is 0 Å². The average molecular weight is 292 g/mol. The van der Waals surface area contributed by atoms with Crippen molar-refractivity contribution in [2.24, 2.45) is 5.92 Å². The molecule has 2 N–H and O–H groups in total. The van der Waals surface area contributed by atoms with Gasteiger partial charge in [-0.3, -0.25) is 0 Å². The van der Waals surface area contributed by atoms with Gasteiger partial charge in [-0.2, -0.15) is 0 Å². The van der Waals surface area contributed by atoms with E-state index in [-0.39, 0.29) is 31.0 Å². The summed E-state index contributed by atoms with van der Waals surface area (Å²) in [5.41, 5.74) is 2.14. The first kappa shape index (κ1) is 15.7. The highest BCUT2D eigenvalue weighted by atomic mass is 35.5. The summed E-state index contributed by atoms with van der Waals surface area (Å²) in [6, 6.07) is 5.91. The summed E-state index contributed by atoms with van der Waals surface area (Å²) in [4.78, 5) is 0. The molecule has 2 unspecified atom stereocenters. The van der Waals surface area contributed by atoms with Crippen LogP contribution in [0.3, 0.4) is 0 Å². The highest BCUT2D eigenvalue weighted by molar-refractivity contribution is 6.31. The fourth-order valence-electron chi connectivity index (χ4n) is 2.16. The molecule has 0 bridgehead atoms. The molecule has 0 aliphatic carbocycles. The molecule has 1 aromatic carbocycles. The molecular formula is C13H19Cl2NO2. The number of nitrogens with one attached hydrogen (secondary N) is 1. The number of hydrogen-bond acceptors (Lipinski definition) is 3. The van der Waals surface area contributed by atoms with Crippen LogP contribution in [0.5, 0.6) is 0 Å². The van der Waals surface area contributed by atoms with E-state index in [2.05, 4.69) is 5.32 Å². The van der Waals surface area contributed by atoms with Crippen LogP contribution in [0.25, 0.3) is 0 Å². The number of aliphatic hydroxyl groups is 1. The SMILES string of the molecule is Cc1cc(C2OCCNCC2CO)ccc1Cl.Cl. The smallest absolute Gasteiger partial charge is 0.0887 e. The van der Waals surface area contributed by atoms with Crippen LogP contribution in [0.1, 0.15) is 17.2 Å². The van der Waals surface area contributed by atoms with Crippen LogP contribution in [-0.2, 0) is 4.74 Å². The molecule has 0 radical (unpaired) electrons. The Balaban J connectivity index is 0.00000162. The molecule has 102 valence electrons. The molecule has 2 rings (SSSR count). The summed E-state index contributed by atoms with van der Waals surface area (Å²) in [7, 11) is 0. The predicted molar refractivity (Wildman–Crippen MR) is 75.6 cm³/mol. The molecule has 0 spiro atoms. The van der Waals surface area contributed by atoms with Gasteiger partial charge in [0, 0.05) is 30.6 Å². The molecule has 5 heteroatoms. The zero-order valence-electron chi connectivity index (χ0n) is 10.4. The van der Waals surface area contributed by atoms with Crippen LogP contribution < -0.4 is 5.32 Å². The summed E-state index contributed by atoms with van der Waals surface area (Å²) in [6.07, 6.45) is -0.0500. The lowest BCUT2D eigenvalue weighted by atomic mass is 9.95. The minimum Gasteiger partial charge on any atom is -0.396 e. The van der Waals surface area contributed by atoms with Crippen LogP contribution in [0.15, 0.2) is 18.2 Å². The lowest BCUT2D eigenvalue weighted by molar-refractivity contribution is 0.0115. The lowest BCUT2D eigenvalue weighted by Crippen LogP contribution is -2.27. The third kappa shape index (κ3) is 3.59. The van der Waals surface area contributed by atoms with Crippen molar-refractivity contribution in [3.05, 3.63) is 34.3 Å². The van der Waals surface area contributed by atoms with E-state index in [1.165, 1.54) is 0 Å². The number of aliphatic hydroxyl groups excluding tert-OH is 1. The van der Waals surface area contributed by atoms with Gasteiger partial charge in [0.1, 0.15) is 0 Å². The van der Waals surface area contributed by atoms with Crippen molar-refractivity contribution >= 4 is 24.0 Å². The quantitative estimate of drug-likeness (QED) is 0.879. The van der Waals surface area contributed by atoms with Gasteiger partial charge >= 0.3 is 0 Å². The normalized spacial score (nSPS) is 24.2. The van der Waals surface area contributed by atoms with Crippen molar-refractivity contribution in [1.82, 2.24) is 5.32 Å². The fourth-order valence-corrected chi connectivity index (χ4v) is 2.28. The maximum Gasteiger partial charge on any atom is 0.0887 e. The maximum atomic E-state index is 9.43. The largest absolute Gasteiger partial charge is 0.396 e. The van der Waals surface area contributed by atoms with E-state index >= 15 is 0 Å². The zero-order chi connectivity index (χ0) is 12.3. The monoisotopic (exact) mass is 291 g/mol. The van der Waals surface area contributed by atoms with E-state index in [0.717, 1.165) is 29.2 Å². The third-order valence-corrected chi connectivity index (χ3v) is 3.58. The van der Waals surface area contributed by atoms with Crippen LogP contribution in [0, 0.1) is 12.8 Å². The Morgan fingerprint density at radius 2 is 2.28 bits per heavy atom. The van der Waals surface area contributed by atoms with Gasteiger partial charge in [-0.1, -0.05) is 23.7 Å². The summed E-state index contributed by atoms with van der Waals surface area (Å²) in [6.45, 7) is 4.39. The summed E-state index contributed by atoms with van der Waals surface area (Å²) in [5, 5.41) is 13.5. The Labute approximate surface area is 119 Å². The zero-order valence-corrected chi connectivity index (χ0v) is 11.9. The summed E-state index contributed by atoms with van der Waals surface area (Å²) < 4.78 is 5.82. The highest BCUT2D eigenvalue weighted by Crippen LogP contribution is 2.29. The first-order valence-corrected chi connectivity index (χ1v) is 6.29. The van der Waals surface area contributed by atoms with E-state index in [0.29, 0.717) is 6.61 Å². The predicted octanol–water partition coefficient (Wildman–Crippen LogP) is 2.34. The number of ether oxygens (including phenoxy) is 1. The standard InChI is InChI=1S/C13H18ClNO2.ClH/c1-9-6-10(2-3-12(9)14)13-11(8-16)7-15-4-5-17-13;/h2-3,6,11,13,15-16H,4-5,7-8H2,1H3;1H. The molecule has 1 aliphatic rings. The van der Waals surface area contributed by atoms with Crippen LogP contribution in [0.2, 0.25) is 5.02 Å². The Bertz CT molecular complexity index is 387. The fraction of sp³-hybridized carbons (Fsp3) is 0.538. The Hall–Kier alpha value is -0.320. The van der Waals surface area contributed by atoms with Crippen molar-refractivity contribution in [3.63, 3.8) is 0 Å². The van der Waals surface area contributed by atoms with E-state index in [1.807, 2.05) is 25.1 Å². The van der Waals surface area contributed by atoms with Crippen molar-refractivity contribution < 1.29 is 9.84 Å². The summed E-state index contributed by atoms with van der Waals surface area (Å²) >= 11 is 6.02. The van der Waals surface area contributed by atoms with Crippen LogP contribution in [0.4, 0.5) is 0 Å². The van der Waals surface area contributed by atoms with Crippen LogP contribution >= 0.6 is 24.0 Å². The molecule has 0 amide bonds. The lowest BCUT2D eigenvalue weighted by Gasteiger charge is -2.23. The molecule has 18 heavy (non-hydrogen) atoms. The van der Waals surface area contributed by atoms with Gasteiger partial charge in [-0.15, -0.1) is 12.4 Å². The van der Waals surface area contributed by atoms with Crippen LogP contribution in [-0.4, -0.2) is 31.4 Å². The minimum atomic E-state index is -0.0500.